The highest BCUT2D eigenvalue weighted by atomic mass is 16.4. The van der Waals surface area contributed by atoms with Gasteiger partial charge in [0.25, 0.3) is 0 Å². The normalized spacial score (nSPS) is 22.2. The third-order valence-corrected chi connectivity index (χ3v) is 4.08. The van der Waals surface area contributed by atoms with Gasteiger partial charge in [0.1, 0.15) is 12.4 Å². The lowest BCUT2D eigenvalue weighted by Crippen LogP contribution is -2.58. The topological polar surface area (TPSA) is 75.7 Å². The zero-order valence-corrected chi connectivity index (χ0v) is 13.9. The molecule has 3 N–H and O–H groups in total. The molecular formula is C17H30N3O2+. The van der Waals surface area contributed by atoms with Gasteiger partial charge in [-0.15, -0.1) is 0 Å². The third-order valence-electron chi connectivity index (χ3n) is 4.08. The molecule has 1 aliphatic rings. The smallest absolute Gasteiger partial charge is 0.360 e. The molecule has 0 bridgehead atoms. The van der Waals surface area contributed by atoms with Gasteiger partial charge in [0.15, 0.2) is 6.54 Å². The molecule has 1 heterocycles. The largest absolute Gasteiger partial charge is 0.477 e. The minimum absolute atomic E-state index is 0.0750. The van der Waals surface area contributed by atoms with Crippen LogP contribution in [0.3, 0.4) is 0 Å². The van der Waals surface area contributed by atoms with Gasteiger partial charge in [0.2, 0.25) is 5.84 Å². The maximum absolute atomic E-state index is 11.1. The van der Waals surface area contributed by atoms with Crippen LogP contribution < -0.4 is 5.73 Å². The van der Waals surface area contributed by atoms with Crippen LogP contribution in [-0.4, -0.2) is 34.1 Å². The number of nitrogens with zero attached hydrogens (tertiary/aromatic N) is 2. The van der Waals surface area contributed by atoms with Crippen molar-refractivity contribution in [2.24, 2.45) is 10.7 Å². The maximum atomic E-state index is 11.1. The number of allylic oxidation sites excluding steroid dienone is 1. The van der Waals surface area contributed by atoms with E-state index < -0.39 is 5.97 Å². The van der Waals surface area contributed by atoms with Crippen LogP contribution in [0.25, 0.3) is 0 Å². The lowest BCUT2D eigenvalue weighted by molar-refractivity contribution is -0.803. The number of amidine groups is 1. The molecule has 0 saturated carbocycles. The summed E-state index contributed by atoms with van der Waals surface area (Å²) in [5.41, 5.74) is 6.01. The molecular weight excluding hydrogens is 278 g/mol. The van der Waals surface area contributed by atoms with Crippen molar-refractivity contribution in [3.05, 3.63) is 24.6 Å². The van der Waals surface area contributed by atoms with E-state index in [-0.39, 0.29) is 17.2 Å². The van der Waals surface area contributed by atoms with Crippen molar-refractivity contribution in [3.8, 4) is 0 Å². The molecule has 22 heavy (non-hydrogen) atoms. The highest BCUT2D eigenvalue weighted by Gasteiger charge is 2.39. The Labute approximate surface area is 133 Å². The molecule has 0 aromatic rings. The van der Waals surface area contributed by atoms with E-state index in [1.165, 1.54) is 32.1 Å². The molecule has 0 fully saturated rings. The van der Waals surface area contributed by atoms with E-state index in [9.17, 15) is 4.79 Å². The van der Waals surface area contributed by atoms with Gasteiger partial charge in [0, 0.05) is 13.0 Å². The number of aliphatic carboxylic acids is 1. The first-order chi connectivity index (χ1) is 10.5. The van der Waals surface area contributed by atoms with Gasteiger partial charge in [-0.3, -0.25) is 5.73 Å². The number of aliphatic imine (C=N–C) groups is 1. The summed E-state index contributed by atoms with van der Waals surface area (Å²) in [6.07, 6.45) is 15.7. The van der Waals surface area contributed by atoms with Gasteiger partial charge < -0.3 is 5.11 Å². The quantitative estimate of drug-likeness (QED) is 0.454. The summed E-state index contributed by atoms with van der Waals surface area (Å²) in [7, 11) is 0. The zero-order valence-electron chi connectivity index (χ0n) is 13.9. The predicted octanol–water partition coefficient (Wildman–Crippen LogP) is 3.38. The van der Waals surface area contributed by atoms with E-state index in [0.29, 0.717) is 5.84 Å². The van der Waals surface area contributed by atoms with Gasteiger partial charge in [-0.1, -0.05) is 45.1 Å². The zero-order chi connectivity index (χ0) is 16.4. The van der Waals surface area contributed by atoms with Crippen LogP contribution in [0.2, 0.25) is 0 Å². The van der Waals surface area contributed by atoms with E-state index >= 15 is 0 Å². The number of carboxylic acid groups (broad SMARTS) is 1. The van der Waals surface area contributed by atoms with E-state index in [2.05, 4.69) is 18.0 Å². The summed E-state index contributed by atoms with van der Waals surface area (Å²) in [6, 6.07) is 0. The minimum atomic E-state index is -0.874. The molecule has 0 aromatic heterocycles. The van der Waals surface area contributed by atoms with Crippen molar-refractivity contribution >= 4 is 11.8 Å². The highest BCUT2D eigenvalue weighted by molar-refractivity contribution is 5.90. The number of rotatable bonds is 11. The Morgan fingerprint density at radius 1 is 1.36 bits per heavy atom. The average molecular weight is 308 g/mol. The number of quaternary nitrogens is 1. The molecule has 5 nitrogen and oxygen atoms in total. The molecule has 2 unspecified atom stereocenters. The number of hydrogen-bond acceptors (Lipinski definition) is 3. The van der Waals surface area contributed by atoms with Gasteiger partial charge >= 0.3 is 5.97 Å². The highest BCUT2D eigenvalue weighted by Crippen LogP contribution is 2.20. The number of nitrogens with two attached hydrogens (primary N) is 1. The molecule has 0 radical (unpaired) electrons. The number of hydrogen-bond donors (Lipinski definition) is 2. The first-order valence-electron chi connectivity index (χ1n) is 8.30. The average Bonchev–Trinajstić information content (AvgIpc) is 2.85. The molecule has 5 heteroatoms. The Morgan fingerprint density at radius 3 is 2.68 bits per heavy atom. The Bertz CT molecular complexity index is 441. The summed E-state index contributed by atoms with van der Waals surface area (Å²) in [5, 5.41) is 9.13. The molecule has 124 valence electrons. The van der Waals surface area contributed by atoms with Crippen LogP contribution in [0.4, 0.5) is 0 Å². The van der Waals surface area contributed by atoms with Crippen molar-refractivity contribution in [1.29, 1.82) is 0 Å². The van der Waals surface area contributed by atoms with Crippen molar-refractivity contribution in [3.63, 3.8) is 0 Å². The van der Waals surface area contributed by atoms with Crippen LogP contribution >= 0.6 is 0 Å². The Balaban J connectivity index is 2.46. The van der Waals surface area contributed by atoms with E-state index in [0.717, 1.165) is 12.8 Å². The maximum Gasteiger partial charge on any atom is 0.360 e. The first-order valence-corrected chi connectivity index (χ1v) is 8.30. The fourth-order valence-corrected chi connectivity index (χ4v) is 2.67. The van der Waals surface area contributed by atoms with Crippen LogP contribution in [0.15, 0.2) is 29.5 Å². The molecule has 2 atom stereocenters. The summed E-state index contributed by atoms with van der Waals surface area (Å²) in [5.74, 6) is -0.163. The molecule has 1 aliphatic heterocycles. The monoisotopic (exact) mass is 308 g/mol. The molecule has 0 amide bonds. The van der Waals surface area contributed by atoms with Crippen molar-refractivity contribution in [2.75, 3.05) is 6.54 Å². The number of carboxylic acids is 1. The van der Waals surface area contributed by atoms with Crippen LogP contribution in [-0.2, 0) is 4.79 Å². The van der Waals surface area contributed by atoms with Gasteiger partial charge in [-0.05, 0) is 12.8 Å². The van der Waals surface area contributed by atoms with Gasteiger partial charge in [-0.2, -0.15) is 4.99 Å². The second kappa shape index (κ2) is 9.54. The molecule has 0 saturated heterocycles. The second-order valence-electron chi connectivity index (χ2n) is 5.97. The summed E-state index contributed by atoms with van der Waals surface area (Å²) in [6.45, 7) is 3.96. The molecule has 1 rings (SSSR count). The molecule has 0 spiro atoms. The SMILES string of the molecule is CCCCCCCC/C=C/C1=NC=C[N+]1(CC(=O)O)C(C)N. The Kier molecular flexibility index (Phi) is 8.06. The van der Waals surface area contributed by atoms with E-state index in [1.54, 1.807) is 12.4 Å². The molecule has 0 aliphatic carbocycles. The van der Waals surface area contributed by atoms with Crippen molar-refractivity contribution in [1.82, 2.24) is 0 Å². The minimum Gasteiger partial charge on any atom is -0.477 e. The standard InChI is InChI=1S/C17H29N3O2/c1-3-4-5-6-7-8-9-10-11-16-19-12-13-20(16,15(2)18)14-17(21)22/h10-13,15H,3-9,14,18H2,1-2H3/p+1/b11-10+. The van der Waals surface area contributed by atoms with Crippen LogP contribution in [0.1, 0.15) is 58.8 Å². The van der Waals surface area contributed by atoms with E-state index in [1.807, 2.05) is 13.0 Å². The number of unbranched alkanes of at least 4 members (excludes halogenated alkanes) is 6. The predicted molar refractivity (Wildman–Crippen MR) is 90.1 cm³/mol. The van der Waals surface area contributed by atoms with E-state index in [4.69, 9.17) is 10.8 Å². The Morgan fingerprint density at radius 2 is 2.05 bits per heavy atom. The second-order valence-corrected chi connectivity index (χ2v) is 5.97. The number of carbonyl (C=O) groups is 1. The fourth-order valence-electron chi connectivity index (χ4n) is 2.67. The molecule has 0 aromatic carbocycles. The lowest BCUT2D eigenvalue weighted by Gasteiger charge is -2.33. The Hall–Kier alpha value is -1.46. The fraction of sp³-hybridized carbons (Fsp3) is 0.647. The van der Waals surface area contributed by atoms with Crippen LogP contribution in [0, 0.1) is 0 Å². The van der Waals surface area contributed by atoms with Crippen LogP contribution in [0.5, 0.6) is 0 Å². The summed E-state index contributed by atoms with van der Waals surface area (Å²) >= 11 is 0. The van der Waals surface area contributed by atoms with Gasteiger partial charge in [-0.25, -0.2) is 9.28 Å². The van der Waals surface area contributed by atoms with Gasteiger partial charge in [0.05, 0.1) is 6.20 Å². The third kappa shape index (κ3) is 5.39. The summed E-state index contributed by atoms with van der Waals surface area (Å²) in [4.78, 5) is 15.4. The summed E-state index contributed by atoms with van der Waals surface area (Å²) < 4.78 is 0.0856. The lowest BCUT2D eigenvalue weighted by atomic mass is 10.1. The van der Waals surface area contributed by atoms with Crippen molar-refractivity contribution in [2.45, 2.75) is 65.0 Å². The van der Waals surface area contributed by atoms with Crippen molar-refractivity contribution < 1.29 is 14.4 Å². The first kappa shape index (κ1) is 18.6.